The van der Waals surface area contributed by atoms with E-state index in [1.807, 2.05) is 29.3 Å². The molecule has 0 aliphatic rings. The molecule has 0 aliphatic carbocycles. The summed E-state index contributed by atoms with van der Waals surface area (Å²) in [6.07, 6.45) is 0. The van der Waals surface area contributed by atoms with E-state index in [2.05, 4.69) is 4.98 Å². The van der Waals surface area contributed by atoms with Crippen molar-refractivity contribution >= 4 is 17.3 Å². The SMILES string of the molecule is CCOC(=O)CN(Cc1ccc(F)cc1)Cc1nc(-c2cccs2)oc1C. The molecule has 3 aromatic rings. The minimum absolute atomic E-state index is 0.117. The normalized spacial score (nSPS) is 11.1. The molecule has 2 aromatic heterocycles. The molecule has 5 nitrogen and oxygen atoms in total. The van der Waals surface area contributed by atoms with Crippen molar-refractivity contribution in [2.45, 2.75) is 26.9 Å². The number of aromatic nitrogens is 1. The van der Waals surface area contributed by atoms with Crippen LogP contribution in [0.4, 0.5) is 4.39 Å². The van der Waals surface area contributed by atoms with Gasteiger partial charge in [-0.25, -0.2) is 9.37 Å². The Bertz CT molecular complexity index is 875. The predicted octanol–water partition coefficient (Wildman–Crippen LogP) is 4.42. The third-order valence-corrected chi connectivity index (χ3v) is 4.83. The predicted molar refractivity (Wildman–Crippen MR) is 102 cm³/mol. The first-order valence-corrected chi connectivity index (χ1v) is 9.55. The topological polar surface area (TPSA) is 55.6 Å². The van der Waals surface area contributed by atoms with Crippen molar-refractivity contribution in [2.75, 3.05) is 13.2 Å². The molecular weight excluding hydrogens is 367 g/mol. The van der Waals surface area contributed by atoms with Crippen molar-refractivity contribution in [3.63, 3.8) is 0 Å². The van der Waals surface area contributed by atoms with Crippen molar-refractivity contribution in [3.8, 4) is 10.8 Å². The fourth-order valence-electron chi connectivity index (χ4n) is 2.70. The summed E-state index contributed by atoms with van der Waals surface area (Å²) in [4.78, 5) is 19.5. The highest BCUT2D eigenvalue weighted by atomic mass is 32.1. The van der Waals surface area contributed by atoms with E-state index >= 15 is 0 Å². The largest absolute Gasteiger partial charge is 0.465 e. The second-order valence-corrected chi connectivity index (χ2v) is 7.02. The number of hydrogen-bond donors (Lipinski definition) is 0. The molecule has 0 bridgehead atoms. The van der Waals surface area contributed by atoms with E-state index in [1.165, 1.54) is 12.1 Å². The van der Waals surface area contributed by atoms with Crippen LogP contribution in [-0.4, -0.2) is 29.0 Å². The zero-order chi connectivity index (χ0) is 19.2. The Hall–Kier alpha value is -2.51. The van der Waals surface area contributed by atoms with E-state index in [1.54, 1.807) is 30.4 Å². The van der Waals surface area contributed by atoms with E-state index in [4.69, 9.17) is 9.15 Å². The Balaban J connectivity index is 1.77. The van der Waals surface area contributed by atoms with Gasteiger partial charge in [-0.1, -0.05) is 18.2 Å². The van der Waals surface area contributed by atoms with Crippen LogP contribution >= 0.6 is 11.3 Å². The highest BCUT2D eigenvalue weighted by Crippen LogP contribution is 2.26. The second kappa shape index (κ2) is 8.92. The molecule has 0 amide bonds. The van der Waals surface area contributed by atoms with Gasteiger partial charge in [0.15, 0.2) is 0 Å². The number of nitrogens with zero attached hydrogens (tertiary/aromatic N) is 2. The molecule has 2 heterocycles. The van der Waals surface area contributed by atoms with Gasteiger partial charge < -0.3 is 9.15 Å². The molecule has 0 fully saturated rings. The molecule has 0 saturated heterocycles. The Morgan fingerprint density at radius 2 is 2.04 bits per heavy atom. The monoisotopic (exact) mass is 388 g/mol. The Morgan fingerprint density at radius 1 is 1.26 bits per heavy atom. The van der Waals surface area contributed by atoms with Gasteiger partial charge in [0.1, 0.15) is 11.6 Å². The first-order valence-electron chi connectivity index (χ1n) is 8.67. The highest BCUT2D eigenvalue weighted by molar-refractivity contribution is 7.13. The van der Waals surface area contributed by atoms with E-state index < -0.39 is 0 Å². The Labute approximate surface area is 161 Å². The molecule has 7 heteroatoms. The van der Waals surface area contributed by atoms with Gasteiger partial charge in [0.05, 0.1) is 23.7 Å². The van der Waals surface area contributed by atoms with Crippen LogP contribution in [0.1, 0.15) is 23.9 Å². The van der Waals surface area contributed by atoms with Crippen molar-refractivity contribution in [2.24, 2.45) is 0 Å². The molecule has 0 atom stereocenters. The molecule has 0 radical (unpaired) electrons. The lowest BCUT2D eigenvalue weighted by Crippen LogP contribution is -2.30. The molecular formula is C20H21FN2O3S. The number of carbonyl (C=O) groups is 1. The van der Waals surface area contributed by atoms with Crippen LogP contribution in [0, 0.1) is 12.7 Å². The van der Waals surface area contributed by atoms with Crippen molar-refractivity contribution in [1.29, 1.82) is 0 Å². The summed E-state index contributed by atoms with van der Waals surface area (Å²) >= 11 is 1.56. The van der Waals surface area contributed by atoms with E-state index in [-0.39, 0.29) is 18.3 Å². The van der Waals surface area contributed by atoms with Gasteiger partial charge in [-0.2, -0.15) is 0 Å². The molecule has 3 rings (SSSR count). The van der Waals surface area contributed by atoms with Crippen molar-refractivity contribution in [1.82, 2.24) is 9.88 Å². The zero-order valence-corrected chi connectivity index (χ0v) is 16.1. The number of benzene rings is 1. The van der Waals surface area contributed by atoms with Gasteiger partial charge >= 0.3 is 5.97 Å². The number of aryl methyl sites for hydroxylation is 1. The van der Waals surface area contributed by atoms with Crippen LogP contribution in [0.2, 0.25) is 0 Å². The second-order valence-electron chi connectivity index (χ2n) is 6.08. The summed E-state index contributed by atoms with van der Waals surface area (Å²) < 4.78 is 24.0. The maximum Gasteiger partial charge on any atom is 0.320 e. The van der Waals surface area contributed by atoms with Gasteiger partial charge in [-0.15, -0.1) is 11.3 Å². The Kier molecular flexibility index (Phi) is 6.36. The summed E-state index contributed by atoms with van der Waals surface area (Å²) in [5, 5.41) is 1.97. The number of carbonyl (C=O) groups excluding carboxylic acids is 1. The summed E-state index contributed by atoms with van der Waals surface area (Å²) in [5.41, 5.74) is 1.67. The zero-order valence-electron chi connectivity index (χ0n) is 15.3. The van der Waals surface area contributed by atoms with Gasteiger partial charge in [0.25, 0.3) is 0 Å². The highest BCUT2D eigenvalue weighted by Gasteiger charge is 2.18. The van der Waals surface area contributed by atoms with Crippen LogP contribution in [0.5, 0.6) is 0 Å². The summed E-state index contributed by atoms with van der Waals surface area (Å²) in [6.45, 7) is 4.98. The quantitative estimate of drug-likeness (QED) is 0.535. The summed E-state index contributed by atoms with van der Waals surface area (Å²) in [6, 6.07) is 10.1. The van der Waals surface area contributed by atoms with Crippen molar-refractivity contribution in [3.05, 3.63) is 64.6 Å². The number of thiophene rings is 1. The lowest BCUT2D eigenvalue weighted by Gasteiger charge is -2.20. The van der Waals surface area contributed by atoms with Gasteiger partial charge in [-0.3, -0.25) is 9.69 Å². The molecule has 0 spiro atoms. The van der Waals surface area contributed by atoms with Crippen LogP contribution in [0.3, 0.4) is 0 Å². The molecule has 0 saturated carbocycles. The van der Waals surface area contributed by atoms with E-state index in [9.17, 15) is 9.18 Å². The fraction of sp³-hybridized carbons (Fsp3) is 0.300. The third-order valence-electron chi connectivity index (χ3n) is 3.98. The Morgan fingerprint density at radius 3 is 2.70 bits per heavy atom. The van der Waals surface area contributed by atoms with E-state index in [0.717, 1.165) is 16.1 Å². The number of ether oxygens (including phenoxy) is 1. The maximum absolute atomic E-state index is 13.2. The smallest absolute Gasteiger partial charge is 0.320 e. The minimum Gasteiger partial charge on any atom is -0.465 e. The van der Waals surface area contributed by atoms with E-state index in [0.29, 0.717) is 31.3 Å². The molecule has 0 unspecified atom stereocenters. The molecule has 27 heavy (non-hydrogen) atoms. The van der Waals surface area contributed by atoms with Gasteiger partial charge in [0, 0.05) is 13.1 Å². The first-order chi connectivity index (χ1) is 13.0. The molecule has 0 aliphatic heterocycles. The van der Waals surface area contributed by atoms with Crippen LogP contribution < -0.4 is 0 Å². The number of rotatable bonds is 8. The minimum atomic E-state index is -0.306. The fourth-order valence-corrected chi connectivity index (χ4v) is 3.35. The molecule has 1 aromatic carbocycles. The lowest BCUT2D eigenvalue weighted by molar-refractivity contribution is -0.144. The summed E-state index contributed by atoms with van der Waals surface area (Å²) in [7, 11) is 0. The lowest BCUT2D eigenvalue weighted by atomic mass is 10.2. The van der Waals surface area contributed by atoms with Crippen LogP contribution in [-0.2, 0) is 22.6 Å². The number of esters is 1. The molecule has 142 valence electrons. The number of halogens is 1. The summed E-state index contributed by atoms with van der Waals surface area (Å²) in [5.74, 6) is 0.699. The molecule has 0 N–H and O–H groups in total. The number of hydrogen-bond acceptors (Lipinski definition) is 6. The van der Waals surface area contributed by atoms with Gasteiger partial charge in [-0.05, 0) is 43.0 Å². The third kappa shape index (κ3) is 5.24. The first kappa shape index (κ1) is 19.3. The maximum atomic E-state index is 13.2. The average molecular weight is 388 g/mol. The standard InChI is InChI=1S/C20H21FN2O3S/c1-3-25-19(24)13-23(11-15-6-8-16(21)9-7-15)12-17-14(2)26-20(22-17)18-5-4-10-27-18/h4-10H,3,11-13H2,1-2H3. The number of oxazole rings is 1. The van der Waals surface area contributed by atoms with Crippen LogP contribution in [0.15, 0.2) is 46.2 Å². The van der Waals surface area contributed by atoms with Crippen molar-refractivity contribution < 1.29 is 18.3 Å². The average Bonchev–Trinajstić information content (AvgIpc) is 3.27. The van der Waals surface area contributed by atoms with Crippen LogP contribution in [0.25, 0.3) is 10.8 Å². The van der Waals surface area contributed by atoms with Gasteiger partial charge in [0.2, 0.25) is 5.89 Å².